The van der Waals surface area contributed by atoms with Crippen molar-refractivity contribution in [2.45, 2.75) is 18.2 Å². The first-order chi connectivity index (χ1) is 8.45. The fourth-order valence-corrected chi connectivity index (χ4v) is 2.28. The fourth-order valence-electron chi connectivity index (χ4n) is 1.25. The molecule has 0 saturated heterocycles. The minimum absolute atomic E-state index is 0.0219. The Balaban J connectivity index is 2.64. The first-order valence-electron chi connectivity index (χ1n) is 5.24. The molecule has 1 aromatic carbocycles. The van der Waals surface area contributed by atoms with Crippen molar-refractivity contribution in [3.8, 4) is 0 Å². The molecule has 96 valence electrons. The van der Waals surface area contributed by atoms with Gasteiger partial charge in [-0.15, -0.1) is 0 Å². The molecular formula is C11H14N3O3S+. The van der Waals surface area contributed by atoms with Crippen molar-refractivity contribution in [3.05, 3.63) is 46.8 Å². The van der Waals surface area contributed by atoms with Crippen molar-refractivity contribution in [3.63, 3.8) is 0 Å². The standard InChI is InChI=1S/C11H13N3O3S/c1-9-2-4-11(5-3-9)18(16,17)14-7-6-10(15)8-13-12/h2-5,8,14H,6-7H2,1H3/p+1/b10-8+. The van der Waals surface area contributed by atoms with E-state index in [0.29, 0.717) is 0 Å². The lowest BCUT2D eigenvalue weighted by atomic mass is 10.2. The summed E-state index contributed by atoms with van der Waals surface area (Å²) in [4.78, 5) is 2.80. The van der Waals surface area contributed by atoms with Gasteiger partial charge in [0.2, 0.25) is 15.4 Å². The Morgan fingerprint density at radius 2 is 2.06 bits per heavy atom. The lowest BCUT2D eigenvalue weighted by Crippen LogP contribution is -2.25. The third-order valence-corrected chi connectivity index (χ3v) is 3.69. The normalized spacial score (nSPS) is 12.1. The topological polar surface area (TPSA) is 94.6 Å². The van der Waals surface area contributed by atoms with E-state index in [9.17, 15) is 8.42 Å². The average molecular weight is 268 g/mol. The molecule has 0 aromatic heterocycles. The van der Waals surface area contributed by atoms with E-state index in [0.717, 1.165) is 11.8 Å². The van der Waals surface area contributed by atoms with Crippen LogP contribution in [0.3, 0.4) is 0 Å². The molecule has 0 fully saturated rings. The van der Waals surface area contributed by atoms with E-state index in [1.807, 2.05) is 6.92 Å². The van der Waals surface area contributed by atoms with Gasteiger partial charge >= 0.3 is 6.20 Å². The molecule has 7 heteroatoms. The highest BCUT2D eigenvalue weighted by Gasteiger charge is 2.13. The Morgan fingerprint density at radius 1 is 1.44 bits per heavy atom. The molecule has 0 amide bonds. The summed E-state index contributed by atoms with van der Waals surface area (Å²) in [5, 5.41) is 17.3. The lowest BCUT2D eigenvalue weighted by molar-refractivity contribution is 0.388. The van der Waals surface area contributed by atoms with E-state index >= 15 is 0 Å². The number of aryl methyl sites for hydroxylation is 1. The highest BCUT2D eigenvalue weighted by atomic mass is 32.2. The van der Waals surface area contributed by atoms with E-state index in [4.69, 9.17) is 10.5 Å². The number of nitrogens with zero attached hydrogens (tertiary/aromatic N) is 2. The van der Waals surface area contributed by atoms with Gasteiger partial charge in [-0.05, 0) is 19.1 Å². The summed E-state index contributed by atoms with van der Waals surface area (Å²) in [5.41, 5.74) is 0.971. The summed E-state index contributed by atoms with van der Waals surface area (Å²) >= 11 is 0. The van der Waals surface area contributed by atoms with Gasteiger partial charge in [-0.1, -0.05) is 17.7 Å². The van der Waals surface area contributed by atoms with E-state index in [-0.39, 0.29) is 23.6 Å². The Morgan fingerprint density at radius 3 is 2.61 bits per heavy atom. The molecule has 0 spiro atoms. The SMILES string of the molecule is Cc1ccc(S(=O)(=O)NCC/C(O)=C\[N+]#N)cc1. The highest BCUT2D eigenvalue weighted by Crippen LogP contribution is 2.09. The predicted molar refractivity (Wildman–Crippen MR) is 66.8 cm³/mol. The Hall–Kier alpha value is -1.91. The van der Waals surface area contributed by atoms with Crippen LogP contribution in [0.25, 0.3) is 4.98 Å². The van der Waals surface area contributed by atoms with Gasteiger partial charge < -0.3 is 5.11 Å². The van der Waals surface area contributed by atoms with Gasteiger partial charge in [0, 0.05) is 13.0 Å². The van der Waals surface area contributed by atoms with Crippen LogP contribution >= 0.6 is 0 Å². The molecule has 1 aromatic rings. The van der Waals surface area contributed by atoms with Crippen molar-refractivity contribution >= 4 is 10.0 Å². The van der Waals surface area contributed by atoms with Crippen LogP contribution in [0.1, 0.15) is 12.0 Å². The van der Waals surface area contributed by atoms with E-state index in [2.05, 4.69) is 9.70 Å². The lowest BCUT2D eigenvalue weighted by Gasteiger charge is -2.05. The summed E-state index contributed by atoms with van der Waals surface area (Å²) in [5.74, 6) is -0.205. The minimum Gasteiger partial charge on any atom is -0.505 e. The Labute approximate surface area is 106 Å². The predicted octanol–water partition coefficient (Wildman–Crippen LogP) is 1.92. The van der Waals surface area contributed by atoms with Crippen molar-refractivity contribution < 1.29 is 13.5 Å². The monoisotopic (exact) mass is 268 g/mol. The van der Waals surface area contributed by atoms with Crippen LogP contribution in [0.4, 0.5) is 0 Å². The molecule has 0 atom stereocenters. The summed E-state index contributed by atoms with van der Waals surface area (Å²) in [6, 6.07) is 6.43. The molecule has 18 heavy (non-hydrogen) atoms. The highest BCUT2D eigenvalue weighted by molar-refractivity contribution is 7.89. The maximum Gasteiger partial charge on any atom is 0.387 e. The number of hydrogen-bond acceptors (Lipinski definition) is 4. The summed E-state index contributed by atoms with van der Waals surface area (Å²) in [6.45, 7) is 1.89. The van der Waals surface area contributed by atoms with Crippen LogP contribution in [0.15, 0.2) is 41.1 Å². The number of aliphatic hydroxyl groups is 1. The zero-order valence-corrected chi connectivity index (χ0v) is 10.7. The molecule has 0 aliphatic heterocycles. The average Bonchev–Trinajstić information content (AvgIpc) is 2.29. The molecule has 0 heterocycles. The van der Waals surface area contributed by atoms with Gasteiger partial charge in [0.15, 0.2) is 10.7 Å². The fraction of sp³-hybridized carbons (Fsp3) is 0.273. The van der Waals surface area contributed by atoms with Crippen LogP contribution in [-0.4, -0.2) is 20.1 Å². The maximum atomic E-state index is 11.8. The van der Waals surface area contributed by atoms with E-state index in [1.54, 1.807) is 12.1 Å². The zero-order valence-electron chi connectivity index (χ0n) is 9.87. The van der Waals surface area contributed by atoms with Crippen molar-refractivity contribution in [1.82, 2.24) is 4.72 Å². The first-order valence-corrected chi connectivity index (χ1v) is 6.72. The Bertz CT molecular complexity index is 571. The molecule has 0 aliphatic carbocycles. The Kier molecular flexibility index (Phi) is 4.83. The van der Waals surface area contributed by atoms with E-state index < -0.39 is 10.0 Å². The number of diazo groups is 1. The minimum atomic E-state index is -3.57. The third kappa shape index (κ3) is 4.16. The summed E-state index contributed by atoms with van der Waals surface area (Å²) in [6.07, 6.45) is 0.898. The number of sulfonamides is 1. The van der Waals surface area contributed by atoms with Gasteiger partial charge in [-0.2, -0.15) is 0 Å². The molecule has 1 rings (SSSR count). The van der Waals surface area contributed by atoms with Crippen molar-refractivity contribution in [2.75, 3.05) is 6.54 Å². The smallest absolute Gasteiger partial charge is 0.387 e. The molecule has 0 radical (unpaired) electrons. The number of nitrogens with one attached hydrogen (secondary N) is 1. The van der Waals surface area contributed by atoms with Gasteiger partial charge in [-0.3, -0.25) is 0 Å². The van der Waals surface area contributed by atoms with Crippen molar-refractivity contribution in [2.24, 2.45) is 0 Å². The molecule has 2 N–H and O–H groups in total. The third-order valence-electron chi connectivity index (χ3n) is 2.21. The largest absolute Gasteiger partial charge is 0.505 e. The molecule has 0 saturated carbocycles. The maximum absolute atomic E-state index is 11.8. The quantitative estimate of drug-likeness (QED) is 0.630. The number of hydrogen-bond donors (Lipinski definition) is 2. The van der Waals surface area contributed by atoms with Crippen LogP contribution < -0.4 is 4.72 Å². The van der Waals surface area contributed by atoms with Gasteiger partial charge in [0.25, 0.3) is 0 Å². The van der Waals surface area contributed by atoms with Gasteiger partial charge in [0.1, 0.15) is 0 Å². The van der Waals surface area contributed by atoms with Crippen molar-refractivity contribution in [1.29, 1.82) is 5.39 Å². The summed E-state index contributed by atoms with van der Waals surface area (Å²) < 4.78 is 25.9. The van der Waals surface area contributed by atoms with Gasteiger partial charge in [0.05, 0.1) is 4.90 Å². The zero-order chi connectivity index (χ0) is 13.6. The molecule has 6 nitrogen and oxygen atoms in total. The van der Waals surface area contributed by atoms with Crippen LogP contribution in [0, 0.1) is 12.3 Å². The first kappa shape index (κ1) is 14.2. The van der Waals surface area contributed by atoms with Gasteiger partial charge in [-0.25, -0.2) is 13.1 Å². The molecular weight excluding hydrogens is 254 g/mol. The number of aliphatic hydroxyl groups excluding tert-OH is 1. The summed E-state index contributed by atoms with van der Waals surface area (Å²) in [7, 11) is -3.57. The molecule has 0 bridgehead atoms. The molecule has 0 unspecified atom stereocenters. The second-order valence-corrected chi connectivity index (χ2v) is 5.46. The van der Waals surface area contributed by atoms with E-state index in [1.165, 1.54) is 12.1 Å². The second-order valence-electron chi connectivity index (χ2n) is 3.70. The molecule has 0 aliphatic rings. The van der Waals surface area contributed by atoms with Crippen LogP contribution in [0.5, 0.6) is 0 Å². The second kappa shape index (κ2) is 6.14. The van der Waals surface area contributed by atoms with Crippen LogP contribution in [-0.2, 0) is 10.0 Å². The number of benzene rings is 1. The number of rotatable bonds is 5. The van der Waals surface area contributed by atoms with Crippen LogP contribution in [0.2, 0.25) is 0 Å².